The van der Waals surface area contributed by atoms with Crippen LogP contribution in [0.1, 0.15) is 12.8 Å². The minimum absolute atomic E-state index is 0.255. The van der Waals surface area contributed by atoms with Crippen LogP contribution < -0.4 is 15.1 Å². The van der Waals surface area contributed by atoms with E-state index >= 15 is 0 Å². The summed E-state index contributed by atoms with van der Waals surface area (Å²) in [6, 6.07) is 8.40. The van der Waals surface area contributed by atoms with E-state index in [0.29, 0.717) is 6.42 Å². The van der Waals surface area contributed by atoms with Gasteiger partial charge < -0.3 is 15.1 Å². The fourth-order valence-corrected chi connectivity index (χ4v) is 2.69. The number of hydrogen-bond acceptors (Lipinski definition) is 3. The minimum atomic E-state index is 0.255. The normalized spacial score (nSPS) is 20.6. The van der Waals surface area contributed by atoms with E-state index in [2.05, 4.69) is 34.5 Å². The van der Waals surface area contributed by atoms with Crippen molar-refractivity contribution in [1.29, 1.82) is 0 Å². The Kier molecular flexibility index (Phi) is 3.19. The fraction of sp³-hybridized carbons (Fsp3) is 0.500. The Morgan fingerprint density at radius 3 is 2.22 bits per heavy atom. The second kappa shape index (κ2) is 4.98. The highest BCUT2D eigenvalue weighted by Crippen LogP contribution is 2.24. The highest BCUT2D eigenvalue weighted by molar-refractivity contribution is 5.95. The minimum Gasteiger partial charge on any atom is -0.369 e. The van der Waals surface area contributed by atoms with Crippen LogP contribution in [0.3, 0.4) is 0 Å². The summed E-state index contributed by atoms with van der Waals surface area (Å²) in [5.41, 5.74) is 2.29. The summed E-state index contributed by atoms with van der Waals surface area (Å²) in [5.74, 6) is 0.255. The molecule has 0 spiro atoms. The van der Waals surface area contributed by atoms with Crippen LogP contribution in [0.2, 0.25) is 0 Å². The van der Waals surface area contributed by atoms with Crippen LogP contribution in [0.5, 0.6) is 0 Å². The van der Waals surface area contributed by atoms with Crippen LogP contribution >= 0.6 is 0 Å². The maximum Gasteiger partial charge on any atom is 0.227 e. The molecule has 2 saturated heterocycles. The third-order valence-corrected chi connectivity index (χ3v) is 3.72. The second-order valence-electron chi connectivity index (χ2n) is 4.90. The van der Waals surface area contributed by atoms with E-state index in [0.717, 1.165) is 44.8 Å². The average Bonchev–Trinajstić information content (AvgIpc) is 2.86. The van der Waals surface area contributed by atoms with Gasteiger partial charge >= 0.3 is 0 Å². The van der Waals surface area contributed by atoms with E-state index in [4.69, 9.17) is 0 Å². The van der Waals surface area contributed by atoms with Crippen LogP contribution in [0.15, 0.2) is 24.3 Å². The number of nitrogens with zero attached hydrogens (tertiary/aromatic N) is 2. The van der Waals surface area contributed by atoms with Gasteiger partial charge in [-0.05, 0) is 30.7 Å². The second-order valence-corrected chi connectivity index (χ2v) is 4.90. The standard InChI is InChI=1S/C14H19N3O/c18-14-2-1-9-17(14)13-5-3-12(4-6-13)16-10-7-15-8-11-16/h3-6,15H,1-2,7-11H2. The number of nitrogens with one attached hydrogen (secondary N) is 1. The number of amides is 1. The van der Waals surface area contributed by atoms with Crippen molar-refractivity contribution in [3.05, 3.63) is 24.3 Å². The summed E-state index contributed by atoms with van der Waals surface area (Å²) in [6.45, 7) is 5.08. The molecule has 0 aliphatic carbocycles. The lowest BCUT2D eigenvalue weighted by atomic mass is 10.2. The SMILES string of the molecule is O=C1CCCN1c1ccc(N2CCNCC2)cc1. The third-order valence-electron chi connectivity index (χ3n) is 3.72. The summed E-state index contributed by atoms with van der Waals surface area (Å²) in [6.07, 6.45) is 1.68. The molecule has 4 nitrogen and oxygen atoms in total. The smallest absolute Gasteiger partial charge is 0.227 e. The summed E-state index contributed by atoms with van der Waals surface area (Å²) < 4.78 is 0. The van der Waals surface area contributed by atoms with E-state index < -0.39 is 0 Å². The molecular formula is C14H19N3O. The van der Waals surface area contributed by atoms with E-state index in [1.165, 1.54) is 5.69 Å². The Bertz CT molecular complexity index is 423. The van der Waals surface area contributed by atoms with Crippen LogP contribution in [0.4, 0.5) is 11.4 Å². The summed E-state index contributed by atoms with van der Waals surface area (Å²) in [7, 11) is 0. The zero-order chi connectivity index (χ0) is 12.4. The molecule has 0 unspecified atom stereocenters. The summed E-state index contributed by atoms with van der Waals surface area (Å²) in [5, 5.41) is 3.35. The van der Waals surface area contributed by atoms with Crippen molar-refractivity contribution >= 4 is 17.3 Å². The lowest BCUT2D eigenvalue weighted by Gasteiger charge is -2.29. The molecule has 18 heavy (non-hydrogen) atoms. The molecule has 0 aromatic heterocycles. The molecule has 2 heterocycles. The Hall–Kier alpha value is -1.55. The van der Waals surface area contributed by atoms with Gasteiger partial charge in [-0.15, -0.1) is 0 Å². The highest BCUT2D eigenvalue weighted by Gasteiger charge is 2.21. The Morgan fingerprint density at radius 1 is 0.944 bits per heavy atom. The molecule has 2 aliphatic rings. The van der Waals surface area contributed by atoms with Gasteiger partial charge in [0.2, 0.25) is 5.91 Å². The molecule has 1 aromatic carbocycles. The van der Waals surface area contributed by atoms with Crippen molar-refractivity contribution in [2.45, 2.75) is 12.8 Å². The van der Waals surface area contributed by atoms with Gasteiger partial charge in [-0.1, -0.05) is 0 Å². The van der Waals surface area contributed by atoms with Gasteiger partial charge in [0.25, 0.3) is 0 Å². The predicted octanol–water partition coefficient (Wildman–Crippen LogP) is 1.22. The van der Waals surface area contributed by atoms with E-state index in [1.807, 2.05) is 4.90 Å². The van der Waals surface area contributed by atoms with Crippen LogP contribution in [-0.4, -0.2) is 38.6 Å². The number of anilines is 2. The molecule has 2 fully saturated rings. The topological polar surface area (TPSA) is 35.6 Å². The molecule has 1 aromatic rings. The lowest BCUT2D eigenvalue weighted by Crippen LogP contribution is -2.43. The molecule has 0 radical (unpaired) electrons. The average molecular weight is 245 g/mol. The van der Waals surface area contributed by atoms with Gasteiger partial charge in [0.1, 0.15) is 0 Å². The quantitative estimate of drug-likeness (QED) is 0.851. The summed E-state index contributed by atoms with van der Waals surface area (Å²) >= 11 is 0. The molecule has 1 amide bonds. The fourth-order valence-electron chi connectivity index (χ4n) is 2.69. The molecule has 2 aliphatic heterocycles. The van der Waals surface area contributed by atoms with Crippen molar-refractivity contribution in [2.24, 2.45) is 0 Å². The molecule has 1 N–H and O–H groups in total. The number of piperazine rings is 1. The third kappa shape index (κ3) is 2.20. The van der Waals surface area contributed by atoms with Gasteiger partial charge in [-0.2, -0.15) is 0 Å². The maximum atomic E-state index is 11.7. The van der Waals surface area contributed by atoms with E-state index in [-0.39, 0.29) is 5.91 Å². The maximum absolute atomic E-state index is 11.7. The first-order valence-electron chi connectivity index (χ1n) is 6.71. The summed E-state index contributed by atoms with van der Waals surface area (Å²) in [4.78, 5) is 15.9. The van der Waals surface area contributed by atoms with Gasteiger partial charge in [0, 0.05) is 50.5 Å². The molecule has 4 heteroatoms. The van der Waals surface area contributed by atoms with Crippen molar-refractivity contribution in [2.75, 3.05) is 42.5 Å². The monoisotopic (exact) mass is 245 g/mol. The first-order valence-corrected chi connectivity index (χ1v) is 6.71. The molecule has 0 bridgehead atoms. The highest BCUT2D eigenvalue weighted by atomic mass is 16.2. The number of hydrogen-bond donors (Lipinski definition) is 1. The number of benzene rings is 1. The molecule has 0 saturated carbocycles. The van der Waals surface area contributed by atoms with Crippen molar-refractivity contribution < 1.29 is 4.79 Å². The van der Waals surface area contributed by atoms with Gasteiger partial charge in [-0.3, -0.25) is 4.79 Å². The Labute approximate surface area is 108 Å². The van der Waals surface area contributed by atoms with E-state index in [9.17, 15) is 4.79 Å². The number of carbonyl (C=O) groups is 1. The lowest BCUT2D eigenvalue weighted by molar-refractivity contribution is -0.117. The molecular weight excluding hydrogens is 226 g/mol. The first-order chi connectivity index (χ1) is 8.84. The first kappa shape index (κ1) is 11.5. The van der Waals surface area contributed by atoms with Crippen molar-refractivity contribution in [3.63, 3.8) is 0 Å². The largest absolute Gasteiger partial charge is 0.369 e. The van der Waals surface area contributed by atoms with Gasteiger partial charge in [0.15, 0.2) is 0 Å². The molecule has 96 valence electrons. The Morgan fingerprint density at radius 2 is 1.61 bits per heavy atom. The molecule has 3 rings (SSSR count). The van der Waals surface area contributed by atoms with Crippen LogP contribution in [0, 0.1) is 0 Å². The predicted molar refractivity (Wildman–Crippen MR) is 73.1 cm³/mol. The van der Waals surface area contributed by atoms with Crippen molar-refractivity contribution in [3.8, 4) is 0 Å². The van der Waals surface area contributed by atoms with Gasteiger partial charge in [0.05, 0.1) is 0 Å². The number of carbonyl (C=O) groups excluding carboxylic acids is 1. The van der Waals surface area contributed by atoms with Crippen LogP contribution in [0.25, 0.3) is 0 Å². The molecule has 0 atom stereocenters. The van der Waals surface area contributed by atoms with Crippen molar-refractivity contribution in [1.82, 2.24) is 5.32 Å². The zero-order valence-corrected chi connectivity index (χ0v) is 10.6. The van der Waals surface area contributed by atoms with Crippen LogP contribution in [-0.2, 0) is 4.79 Å². The number of rotatable bonds is 2. The zero-order valence-electron chi connectivity index (χ0n) is 10.6. The Balaban J connectivity index is 1.74. The van der Waals surface area contributed by atoms with E-state index in [1.54, 1.807) is 0 Å². The van der Waals surface area contributed by atoms with Gasteiger partial charge in [-0.25, -0.2) is 0 Å².